The number of carbonyl (C=O) groups excluding carboxylic acids is 1. The summed E-state index contributed by atoms with van der Waals surface area (Å²) in [5.74, 6) is 1.66. The van der Waals surface area contributed by atoms with Crippen molar-refractivity contribution in [1.29, 1.82) is 0 Å². The van der Waals surface area contributed by atoms with Crippen LogP contribution >= 0.6 is 0 Å². The third-order valence-electron chi connectivity index (χ3n) is 3.46. The van der Waals surface area contributed by atoms with E-state index in [-0.39, 0.29) is 11.9 Å². The Morgan fingerprint density at radius 3 is 2.45 bits per heavy atom. The van der Waals surface area contributed by atoms with E-state index in [1.165, 1.54) is 0 Å². The summed E-state index contributed by atoms with van der Waals surface area (Å²) >= 11 is 0. The smallest absolute Gasteiger partial charge is 0.220 e. The maximum Gasteiger partial charge on any atom is 0.220 e. The molecule has 0 saturated heterocycles. The first kappa shape index (κ1) is 16.3. The number of benzene rings is 1. The quantitative estimate of drug-likeness (QED) is 0.796. The van der Waals surface area contributed by atoms with Crippen LogP contribution in [0.25, 0.3) is 0 Å². The standard InChI is InChI=1S/C16H25NO3/c1-5-13(6-2)17-16(18)10-7-12-11-14(19-3)8-9-15(12)20-4/h8-9,11,13H,5-7,10H2,1-4H3,(H,17,18). The lowest BCUT2D eigenvalue weighted by atomic mass is 10.1. The lowest BCUT2D eigenvalue weighted by molar-refractivity contribution is -0.121. The van der Waals surface area contributed by atoms with Gasteiger partial charge >= 0.3 is 0 Å². The predicted molar refractivity (Wildman–Crippen MR) is 80.4 cm³/mol. The van der Waals surface area contributed by atoms with Crippen LogP contribution in [0, 0.1) is 0 Å². The fourth-order valence-electron chi connectivity index (χ4n) is 2.12. The number of hydrogen-bond donors (Lipinski definition) is 1. The van der Waals surface area contributed by atoms with Crippen LogP contribution in [0.4, 0.5) is 0 Å². The molecule has 1 rings (SSSR count). The zero-order chi connectivity index (χ0) is 15.0. The number of aryl methyl sites for hydroxylation is 1. The summed E-state index contributed by atoms with van der Waals surface area (Å²) < 4.78 is 10.5. The fourth-order valence-corrected chi connectivity index (χ4v) is 2.12. The molecule has 0 aliphatic rings. The zero-order valence-corrected chi connectivity index (χ0v) is 12.9. The molecule has 0 saturated carbocycles. The highest BCUT2D eigenvalue weighted by molar-refractivity contribution is 5.76. The van der Waals surface area contributed by atoms with Gasteiger partial charge in [-0.25, -0.2) is 0 Å². The summed E-state index contributed by atoms with van der Waals surface area (Å²) in [6, 6.07) is 5.91. The molecule has 1 N–H and O–H groups in total. The van der Waals surface area contributed by atoms with Crippen molar-refractivity contribution in [3.63, 3.8) is 0 Å². The van der Waals surface area contributed by atoms with Crippen LogP contribution in [0.15, 0.2) is 18.2 Å². The minimum absolute atomic E-state index is 0.0866. The molecule has 0 spiro atoms. The number of nitrogens with one attached hydrogen (secondary N) is 1. The summed E-state index contributed by atoms with van der Waals surface area (Å²) in [7, 11) is 3.26. The summed E-state index contributed by atoms with van der Waals surface area (Å²) in [4.78, 5) is 11.9. The van der Waals surface area contributed by atoms with Crippen molar-refractivity contribution >= 4 is 5.91 Å². The molecule has 0 atom stereocenters. The summed E-state index contributed by atoms with van der Waals surface area (Å²) in [5.41, 5.74) is 0.992. The number of rotatable bonds is 8. The van der Waals surface area contributed by atoms with Crippen molar-refractivity contribution in [2.45, 2.75) is 45.6 Å². The molecule has 0 radical (unpaired) electrons. The molecule has 20 heavy (non-hydrogen) atoms. The number of methoxy groups -OCH3 is 2. The molecule has 0 heterocycles. The largest absolute Gasteiger partial charge is 0.497 e. The van der Waals surface area contributed by atoms with E-state index >= 15 is 0 Å². The van der Waals surface area contributed by atoms with Gasteiger partial charge < -0.3 is 14.8 Å². The van der Waals surface area contributed by atoms with Gasteiger partial charge in [-0.1, -0.05) is 13.8 Å². The van der Waals surface area contributed by atoms with Gasteiger partial charge in [-0.15, -0.1) is 0 Å². The normalized spacial score (nSPS) is 10.4. The number of ether oxygens (including phenoxy) is 2. The van der Waals surface area contributed by atoms with Crippen molar-refractivity contribution in [2.75, 3.05) is 14.2 Å². The Hall–Kier alpha value is -1.71. The van der Waals surface area contributed by atoms with Crippen LogP contribution in [0.3, 0.4) is 0 Å². The average molecular weight is 279 g/mol. The Morgan fingerprint density at radius 1 is 1.20 bits per heavy atom. The van der Waals surface area contributed by atoms with Crippen LogP contribution in [-0.4, -0.2) is 26.2 Å². The van der Waals surface area contributed by atoms with E-state index < -0.39 is 0 Å². The van der Waals surface area contributed by atoms with E-state index in [1.807, 2.05) is 18.2 Å². The molecule has 0 aliphatic carbocycles. The van der Waals surface area contributed by atoms with E-state index in [4.69, 9.17) is 9.47 Å². The Morgan fingerprint density at radius 2 is 1.90 bits per heavy atom. The second-order valence-corrected chi connectivity index (χ2v) is 4.76. The Balaban J connectivity index is 2.62. The molecule has 0 bridgehead atoms. The number of hydrogen-bond acceptors (Lipinski definition) is 3. The van der Waals surface area contributed by atoms with Crippen LogP contribution in [-0.2, 0) is 11.2 Å². The Bertz CT molecular complexity index is 428. The molecule has 0 fully saturated rings. The summed E-state index contributed by atoms with van der Waals surface area (Å²) in [6.07, 6.45) is 3.03. The van der Waals surface area contributed by atoms with Crippen molar-refractivity contribution in [2.24, 2.45) is 0 Å². The minimum atomic E-state index is 0.0866. The van der Waals surface area contributed by atoms with Gasteiger partial charge in [-0.05, 0) is 43.0 Å². The molecule has 4 heteroatoms. The topological polar surface area (TPSA) is 47.6 Å². The van der Waals surface area contributed by atoms with Gasteiger partial charge in [0.2, 0.25) is 5.91 Å². The highest BCUT2D eigenvalue weighted by atomic mass is 16.5. The summed E-state index contributed by atoms with van der Waals surface area (Å²) in [6.45, 7) is 4.17. The van der Waals surface area contributed by atoms with Gasteiger partial charge in [-0.2, -0.15) is 0 Å². The molecule has 0 unspecified atom stereocenters. The molecule has 1 aromatic rings. The first-order valence-corrected chi connectivity index (χ1v) is 7.14. The lowest BCUT2D eigenvalue weighted by Crippen LogP contribution is -2.33. The van der Waals surface area contributed by atoms with Gasteiger partial charge in [0.05, 0.1) is 14.2 Å². The highest BCUT2D eigenvalue weighted by Gasteiger charge is 2.11. The van der Waals surface area contributed by atoms with Crippen molar-refractivity contribution in [3.05, 3.63) is 23.8 Å². The second-order valence-electron chi connectivity index (χ2n) is 4.76. The molecular weight excluding hydrogens is 254 g/mol. The van der Waals surface area contributed by atoms with Gasteiger partial charge in [0.15, 0.2) is 0 Å². The van der Waals surface area contributed by atoms with Crippen LogP contribution in [0.5, 0.6) is 11.5 Å². The monoisotopic (exact) mass is 279 g/mol. The van der Waals surface area contributed by atoms with Gasteiger partial charge in [0.25, 0.3) is 0 Å². The first-order valence-electron chi connectivity index (χ1n) is 7.14. The van der Waals surface area contributed by atoms with Crippen molar-refractivity contribution < 1.29 is 14.3 Å². The van der Waals surface area contributed by atoms with Gasteiger partial charge in [-0.3, -0.25) is 4.79 Å². The predicted octanol–water partition coefficient (Wildman–Crippen LogP) is 2.94. The van der Waals surface area contributed by atoms with E-state index in [0.29, 0.717) is 12.8 Å². The first-order chi connectivity index (χ1) is 9.64. The lowest BCUT2D eigenvalue weighted by Gasteiger charge is -2.15. The molecule has 1 aromatic carbocycles. The van der Waals surface area contributed by atoms with Crippen LogP contribution in [0.1, 0.15) is 38.7 Å². The van der Waals surface area contributed by atoms with Crippen molar-refractivity contribution in [3.8, 4) is 11.5 Å². The minimum Gasteiger partial charge on any atom is -0.497 e. The van der Waals surface area contributed by atoms with E-state index in [0.717, 1.165) is 29.9 Å². The molecule has 0 aliphatic heterocycles. The molecule has 4 nitrogen and oxygen atoms in total. The zero-order valence-electron chi connectivity index (χ0n) is 12.9. The van der Waals surface area contributed by atoms with Gasteiger partial charge in [0.1, 0.15) is 11.5 Å². The Labute approximate surface area is 121 Å². The maximum absolute atomic E-state index is 11.9. The fraction of sp³-hybridized carbons (Fsp3) is 0.562. The van der Waals surface area contributed by atoms with E-state index in [9.17, 15) is 4.79 Å². The molecule has 0 aromatic heterocycles. The van der Waals surface area contributed by atoms with E-state index in [1.54, 1.807) is 14.2 Å². The number of amides is 1. The summed E-state index contributed by atoms with van der Waals surface area (Å²) in [5, 5.41) is 3.04. The molecular formula is C16H25NO3. The second kappa shape index (κ2) is 8.46. The molecule has 112 valence electrons. The third kappa shape index (κ3) is 4.76. The third-order valence-corrected chi connectivity index (χ3v) is 3.46. The number of carbonyl (C=O) groups is 1. The highest BCUT2D eigenvalue weighted by Crippen LogP contribution is 2.25. The van der Waals surface area contributed by atoms with Crippen molar-refractivity contribution in [1.82, 2.24) is 5.32 Å². The Kier molecular flexibility index (Phi) is 6.91. The molecule has 1 amide bonds. The van der Waals surface area contributed by atoms with Crippen LogP contribution in [0.2, 0.25) is 0 Å². The average Bonchev–Trinajstić information content (AvgIpc) is 2.50. The maximum atomic E-state index is 11.9. The van der Waals surface area contributed by atoms with Crippen LogP contribution < -0.4 is 14.8 Å². The van der Waals surface area contributed by atoms with E-state index in [2.05, 4.69) is 19.2 Å². The SMILES string of the molecule is CCC(CC)NC(=O)CCc1cc(OC)ccc1OC. The van der Waals surface area contributed by atoms with Gasteiger partial charge in [0, 0.05) is 12.5 Å².